The maximum atomic E-state index is 11.9. The van der Waals surface area contributed by atoms with Crippen molar-refractivity contribution in [3.8, 4) is 11.5 Å². The normalized spacial score (nSPS) is 10.8. The van der Waals surface area contributed by atoms with Crippen molar-refractivity contribution in [1.82, 2.24) is 0 Å². The van der Waals surface area contributed by atoms with Crippen molar-refractivity contribution in [2.45, 2.75) is 6.92 Å². The van der Waals surface area contributed by atoms with E-state index < -0.39 is 0 Å². The van der Waals surface area contributed by atoms with Crippen LogP contribution < -0.4 is 0 Å². The molecule has 0 saturated carbocycles. The highest BCUT2D eigenvalue weighted by molar-refractivity contribution is 6.06. The fourth-order valence-electron chi connectivity index (χ4n) is 1.71. The number of carbonyl (C=O) groups excluding carboxylic acids is 1. The Hall–Kier alpha value is -2.55. The van der Waals surface area contributed by atoms with E-state index in [1.165, 1.54) is 18.2 Å². The first-order chi connectivity index (χ1) is 9.09. The molecule has 0 heterocycles. The first-order valence-electron chi connectivity index (χ1n) is 5.88. The summed E-state index contributed by atoms with van der Waals surface area (Å²) in [5.41, 5.74) is 1.49. The Morgan fingerprint density at radius 3 is 2.42 bits per heavy atom. The van der Waals surface area contributed by atoms with Crippen molar-refractivity contribution < 1.29 is 15.0 Å². The lowest BCUT2D eigenvalue weighted by Gasteiger charge is -2.04. The summed E-state index contributed by atoms with van der Waals surface area (Å²) in [7, 11) is 0. The lowest BCUT2D eigenvalue weighted by molar-refractivity contribution is 0.104. The zero-order chi connectivity index (χ0) is 13.8. The van der Waals surface area contributed by atoms with Crippen LogP contribution in [-0.2, 0) is 0 Å². The first kappa shape index (κ1) is 12.9. The quantitative estimate of drug-likeness (QED) is 0.652. The van der Waals surface area contributed by atoms with Crippen molar-refractivity contribution in [2.75, 3.05) is 0 Å². The minimum Gasteiger partial charge on any atom is -0.508 e. The van der Waals surface area contributed by atoms with E-state index in [1.54, 1.807) is 37.3 Å². The number of carbonyl (C=O) groups is 1. The lowest BCUT2D eigenvalue weighted by Crippen LogP contribution is -1.92. The smallest absolute Gasteiger partial charge is 0.185 e. The predicted octanol–water partition coefficient (Wildman–Crippen LogP) is 3.30. The Kier molecular flexibility index (Phi) is 3.66. The van der Waals surface area contributed by atoms with E-state index in [0.717, 1.165) is 0 Å². The number of phenolic OH excluding ortho intramolecular Hbond substituents is 2. The Balaban J connectivity index is 2.25. The average molecular weight is 254 g/mol. The summed E-state index contributed by atoms with van der Waals surface area (Å²) >= 11 is 0. The van der Waals surface area contributed by atoms with Gasteiger partial charge in [-0.05, 0) is 31.2 Å². The van der Waals surface area contributed by atoms with Gasteiger partial charge in [0.05, 0.1) is 0 Å². The fourth-order valence-corrected chi connectivity index (χ4v) is 1.71. The van der Waals surface area contributed by atoms with Gasteiger partial charge in [0.2, 0.25) is 0 Å². The van der Waals surface area contributed by atoms with E-state index in [-0.39, 0.29) is 17.3 Å². The number of hydrogen-bond acceptors (Lipinski definition) is 3. The van der Waals surface area contributed by atoms with Crippen molar-refractivity contribution in [3.05, 3.63) is 65.2 Å². The molecule has 0 amide bonds. The molecule has 2 aromatic carbocycles. The summed E-state index contributed by atoms with van der Waals surface area (Å²) in [6.45, 7) is 1.61. The summed E-state index contributed by atoms with van der Waals surface area (Å²) in [5, 5.41) is 19.3. The third-order valence-electron chi connectivity index (χ3n) is 2.91. The molecule has 19 heavy (non-hydrogen) atoms. The molecule has 3 heteroatoms. The number of rotatable bonds is 3. The maximum Gasteiger partial charge on any atom is 0.185 e. The molecular weight excluding hydrogens is 240 g/mol. The third-order valence-corrected chi connectivity index (χ3v) is 2.91. The van der Waals surface area contributed by atoms with E-state index in [0.29, 0.717) is 16.7 Å². The Morgan fingerprint density at radius 2 is 1.74 bits per heavy atom. The zero-order valence-electron chi connectivity index (χ0n) is 10.5. The molecule has 0 radical (unpaired) electrons. The van der Waals surface area contributed by atoms with Crippen molar-refractivity contribution in [3.63, 3.8) is 0 Å². The molecule has 2 aromatic rings. The Morgan fingerprint density at radius 1 is 1.05 bits per heavy atom. The predicted molar refractivity (Wildman–Crippen MR) is 74.3 cm³/mol. The van der Waals surface area contributed by atoms with E-state index in [4.69, 9.17) is 0 Å². The summed E-state index contributed by atoms with van der Waals surface area (Å²) in [5.74, 6) is -0.119. The molecule has 0 aliphatic rings. The number of benzene rings is 2. The van der Waals surface area contributed by atoms with Gasteiger partial charge in [-0.1, -0.05) is 30.3 Å². The van der Waals surface area contributed by atoms with E-state index in [2.05, 4.69) is 0 Å². The van der Waals surface area contributed by atoms with Gasteiger partial charge in [0.1, 0.15) is 11.5 Å². The van der Waals surface area contributed by atoms with Crippen LogP contribution in [0.4, 0.5) is 0 Å². The topological polar surface area (TPSA) is 57.5 Å². The number of allylic oxidation sites excluding steroid dienone is 1. The highest BCUT2D eigenvalue weighted by Gasteiger charge is 2.06. The highest BCUT2D eigenvalue weighted by Crippen LogP contribution is 2.30. The van der Waals surface area contributed by atoms with E-state index in [9.17, 15) is 15.0 Å². The minimum absolute atomic E-state index is 0.0166. The van der Waals surface area contributed by atoms with Gasteiger partial charge in [-0.3, -0.25) is 4.79 Å². The van der Waals surface area contributed by atoms with Gasteiger partial charge >= 0.3 is 0 Å². The van der Waals surface area contributed by atoms with E-state index >= 15 is 0 Å². The average Bonchev–Trinajstić information content (AvgIpc) is 2.45. The first-order valence-corrected chi connectivity index (χ1v) is 5.88. The zero-order valence-corrected chi connectivity index (χ0v) is 10.5. The van der Waals surface area contributed by atoms with Gasteiger partial charge in [0.25, 0.3) is 0 Å². The summed E-state index contributed by atoms with van der Waals surface area (Å²) in [6, 6.07) is 11.9. The van der Waals surface area contributed by atoms with Crippen molar-refractivity contribution in [2.24, 2.45) is 0 Å². The van der Waals surface area contributed by atoms with Crippen LogP contribution in [0.25, 0.3) is 6.08 Å². The molecule has 0 atom stereocenters. The molecule has 3 nitrogen and oxygen atoms in total. The molecule has 0 saturated heterocycles. The standard InChI is InChI=1S/C16H14O3/c1-11-14(17)9-7-13(16(11)19)8-10-15(18)12-5-3-2-4-6-12/h2-10,17,19H,1H3/b10-8+. The molecule has 2 N–H and O–H groups in total. The third kappa shape index (κ3) is 2.83. The second kappa shape index (κ2) is 5.40. The van der Waals surface area contributed by atoms with Crippen LogP contribution in [0.3, 0.4) is 0 Å². The van der Waals surface area contributed by atoms with Gasteiger partial charge in [0, 0.05) is 16.7 Å². The molecule has 0 aliphatic heterocycles. The fraction of sp³-hybridized carbons (Fsp3) is 0.0625. The molecule has 2 rings (SSSR count). The summed E-state index contributed by atoms with van der Waals surface area (Å²) < 4.78 is 0. The van der Waals surface area contributed by atoms with Gasteiger partial charge < -0.3 is 10.2 Å². The van der Waals surface area contributed by atoms with Crippen LogP contribution in [0.2, 0.25) is 0 Å². The van der Waals surface area contributed by atoms with E-state index in [1.807, 2.05) is 6.07 Å². The maximum absolute atomic E-state index is 11.9. The number of aromatic hydroxyl groups is 2. The molecule has 0 fully saturated rings. The van der Waals surface area contributed by atoms with Gasteiger partial charge in [-0.25, -0.2) is 0 Å². The molecule has 0 unspecified atom stereocenters. The number of ketones is 1. The van der Waals surface area contributed by atoms with Crippen molar-refractivity contribution >= 4 is 11.9 Å². The van der Waals surface area contributed by atoms with Gasteiger partial charge in [-0.2, -0.15) is 0 Å². The molecule has 0 spiro atoms. The highest BCUT2D eigenvalue weighted by atomic mass is 16.3. The second-order valence-corrected chi connectivity index (χ2v) is 4.21. The van der Waals surface area contributed by atoms with Crippen LogP contribution in [0.5, 0.6) is 11.5 Å². The lowest BCUT2D eigenvalue weighted by atomic mass is 10.1. The van der Waals surface area contributed by atoms with Crippen molar-refractivity contribution in [1.29, 1.82) is 0 Å². The number of hydrogen-bond donors (Lipinski definition) is 2. The minimum atomic E-state index is -0.134. The molecule has 96 valence electrons. The SMILES string of the molecule is Cc1c(O)ccc(/C=C/C(=O)c2ccccc2)c1O. The molecule has 0 aliphatic carbocycles. The Bertz CT molecular complexity index is 628. The van der Waals surface area contributed by atoms with Crippen LogP contribution in [0, 0.1) is 6.92 Å². The van der Waals surface area contributed by atoms with Gasteiger partial charge in [0.15, 0.2) is 5.78 Å². The van der Waals surface area contributed by atoms with Crippen LogP contribution in [0.15, 0.2) is 48.5 Å². The summed E-state index contributed by atoms with van der Waals surface area (Å²) in [6.07, 6.45) is 2.94. The molecular formula is C16H14O3. The monoisotopic (exact) mass is 254 g/mol. The number of phenols is 2. The van der Waals surface area contributed by atoms with Crippen LogP contribution in [-0.4, -0.2) is 16.0 Å². The van der Waals surface area contributed by atoms with Gasteiger partial charge in [-0.15, -0.1) is 0 Å². The Labute approximate surface area is 111 Å². The second-order valence-electron chi connectivity index (χ2n) is 4.21. The van der Waals surface area contributed by atoms with Crippen LogP contribution >= 0.6 is 0 Å². The molecule has 0 bridgehead atoms. The van der Waals surface area contributed by atoms with Crippen LogP contribution in [0.1, 0.15) is 21.5 Å². The summed E-state index contributed by atoms with van der Waals surface area (Å²) in [4.78, 5) is 11.9. The molecule has 0 aromatic heterocycles. The largest absolute Gasteiger partial charge is 0.508 e.